The van der Waals surface area contributed by atoms with Crippen LogP contribution in [0.3, 0.4) is 0 Å². The van der Waals surface area contributed by atoms with Crippen LogP contribution in [0.25, 0.3) is 22.5 Å². The number of halogens is 2. The molecule has 0 saturated heterocycles. The van der Waals surface area contributed by atoms with Crippen molar-refractivity contribution >= 4 is 12.0 Å². The van der Waals surface area contributed by atoms with Gasteiger partial charge in [0.15, 0.2) is 0 Å². The van der Waals surface area contributed by atoms with Gasteiger partial charge in [0.05, 0.1) is 46.9 Å². The van der Waals surface area contributed by atoms with Crippen LogP contribution in [0.4, 0.5) is 13.6 Å². The predicted octanol–water partition coefficient (Wildman–Crippen LogP) is 9.62. The van der Waals surface area contributed by atoms with Gasteiger partial charge in [-0.05, 0) is 122 Å². The fourth-order valence-corrected chi connectivity index (χ4v) is 8.54. The van der Waals surface area contributed by atoms with Crippen molar-refractivity contribution in [2.24, 2.45) is 0 Å². The van der Waals surface area contributed by atoms with Crippen LogP contribution in [0.2, 0.25) is 0 Å². The summed E-state index contributed by atoms with van der Waals surface area (Å²) in [7, 11) is 0. The third kappa shape index (κ3) is 10.6. The average molecular weight is 856 g/mol. The number of carbonyl (C=O) groups is 2. The Balaban J connectivity index is 0.000000200. The quantitative estimate of drug-likeness (QED) is 0.158. The normalized spacial score (nSPS) is 15.1. The van der Waals surface area contributed by atoms with Crippen molar-refractivity contribution in [2.45, 2.75) is 105 Å². The van der Waals surface area contributed by atoms with Crippen molar-refractivity contribution < 1.29 is 23.1 Å². The molecule has 0 aliphatic carbocycles. The molecule has 2 N–H and O–H groups in total. The number of benzene rings is 4. The minimum Gasteiger partial charge on any atom is -0.444 e. The summed E-state index contributed by atoms with van der Waals surface area (Å²) in [4.78, 5) is 36.7. The summed E-state index contributed by atoms with van der Waals surface area (Å²) >= 11 is 0. The standard InChI is InChI=1S/C29H35FN4O3.C22H24FN3/c1-19-7-9-20(10-8-19)15-23-26(21-11-13-22(30)14-12-21)32-24-17-33(18-29(5,6)34(23)24)25(35)16-31-27(36)37-28(2,3)4;1-15-4-6-16(7-5-15)12-19-21(17-8-10-18(23)11-9-17)25-20-13-24-14-22(2,3)26(19)20/h7-14H,15-18H2,1-6H3,(H,31,36);4-11,24H,12-14H2,1-3H3. The highest BCUT2D eigenvalue weighted by molar-refractivity contribution is 5.82. The van der Waals surface area contributed by atoms with Crippen molar-refractivity contribution in [3.8, 4) is 22.5 Å². The molecule has 2 aromatic heterocycles. The molecular weight excluding hydrogens is 797 g/mol. The minimum atomic E-state index is -0.643. The van der Waals surface area contributed by atoms with Crippen LogP contribution in [-0.4, -0.2) is 61.2 Å². The lowest BCUT2D eigenvalue weighted by molar-refractivity contribution is -0.133. The van der Waals surface area contributed by atoms with E-state index in [9.17, 15) is 18.4 Å². The number of nitrogens with zero attached hydrogens (tertiary/aromatic N) is 5. The van der Waals surface area contributed by atoms with E-state index in [0.29, 0.717) is 19.5 Å². The third-order valence-corrected chi connectivity index (χ3v) is 11.4. The van der Waals surface area contributed by atoms with Crippen LogP contribution in [0.5, 0.6) is 0 Å². The Labute approximate surface area is 369 Å². The molecule has 0 bridgehead atoms. The number of nitrogens with one attached hydrogen (secondary N) is 2. The molecule has 0 atom stereocenters. The minimum absolute atomic E-state index is 0.0567. The van der Waals surface area contributed by atoms with E-state index in [-0.39, 0.29) is 29.6 Å². The maximum atomic E-state index is 13.7. The lowest BCUT2D eigenvalue weighted by Crippen LogP contribution is -2.52. The molecule has 2 aliphatic heterocycles. The molecule has 10 nitrogen and oxygen atoms in total. The van der Waals surface area contributed by atoms with E-state index in [2.05, 4.69) is 110 Å². The number of aryl methyl sites for hydroxylation is 2. The number of alkyl carbamates (subject to hydrolysis) is 1. The molecule has 4 aromatic carbocycles. The van der Waals surface area contributed by atoms with Crippen LogP contribution in [0.1, 0.15) is 93.8 Å². The highest BCUT2D eigenvalue weighted by atomic mass is 19.1. The fraction of sp³-hybridized carbons (Fsp3) is 0.373. The van der Waals surface area contributed by atoms with E-state index in [1.165, 1.54) is 46.6 Å². The van der Waals surface area contributed by atoms with Gasteiger partial charge in [-0.3, -0.25) is 4.79 Å². The van der Waals surface area contributed by atoms with Gasteiger partial charge in [-0.25, -0.2) is 23.5 Å². The molecule has 0 spiro atoms. The Bertz CT molecular complexity index is 2570. The van der Waals surface area contributed by atoms with Gasteiger partial charge >= 0.3 is 6.09 Å². The van der Waals surface area contributed by atoms with Crippen LogP contribution < -0.4 is 10.6 Å². The van der Waals surface area contributed by atoms with E-state index < -0.39 is 17.2 Å². The van der Waals surface area contributed by atoms with Crippen molar-refractivity contribution in [3.05, 3.63) is 154 Å². The van der Waals surface area contributed by atoms with Crippen LogP contribution in [0, 0.1) is 25.5 Å². The summed E-state index contributed by atoms with van der Waals surface area (Å²) in [5.74, 6) is 1.06. The second-order valence-corrected chi connectivity index (χ2v) is 19.0. The van der Waals surface area contributed by atoms with Gasteiger partial charge in [-0.1, -0.05) is 59.7 Å². The van der Waals surface area contributed by atoms with Crippen molar-refractivity contribution in [1.29, 1.82) is 0 Å². The molecule has 0 radical (unpaired) electrons. The molecule has 330 valence electrons. The number of fused-ring (bicyclic) bond motifs is 2. The fourth-order valence-electron chi connectivity index (χ4n) is 8.54. The Morgan fingerprint density at radius 1 is 0.698 bits per heavy atom. The molecule has 4 heterocycles. The molecule has 8 rings (SSSR count). The summed E-state index contributed by atoms with van der Waals surface area (Å²) in [6, 6.07) is 30.1. The second kappa shape index (κ2) is 17.9. The summed E-state index contributed by atoms with van der Waals surface area (Å²) < 4.78 is 36.9. The van der Waals surface area contributed by atoms with E-state index in [1.807, 2.05) is 12.1 Å². The molecule has 63 heavy (non-hydrogen) atoms. The van der Waals surface area contributed by atoms with E-state index >= 15 is 0 Å². The summed E-state index contributed by atoms with van der Waals surface area (Å²) in [5, 5.41) is 6.02. The molecule has 2 amide bonds. The zero-order valence-corrected chi connectivity index (χ0v) is 37.9. The molecule has 12 heteroatoms. The maximum absolute atomic E-state index is 13.7. The molecule has 6 aromatic rings. The van der Waals surface area contributed by atoms with Crippen molar-refractivity contribution in [2.75, 3.05) is 19.6 Å². The Hall–Kier alpha value is -6.14. The number of ether oxygens (including phenoxy) is 1. The van der Waals surface area contributed by atoms with E-state index in [0.717, 1.165) is 64.9 Å². The lowest BCUT2D eigenvalue weighted by Gasteiger charge is -2.41. The largest absolute Gasteiger partial charge is 0.444 e. The number of rotatable bonds is 8. The number of amides is 2. The van der Waals surface area contributed by atoms with E-state index in [4.69, 9.17) is 14.7 Å². The smallest absolute Gasteiger partial charge is 0.408 e. The van der Waals surface area contributed by atoms with Crippen molar-refractivity contribution in [3.63, 3.8) is 0 Å². The van der Waals surface area contributed by atoms with Crippen molar-refractivity contribution in [1.82, 2.24) is 34.6 Å². The molecule has 0 unspecified atom stereocenters. The zero-order valence-electron chi connectivity index (χ0n) is 37.9. The van der Waals surface area contributed by atoms with Gasteiger partial charge in [0.25, 0.3) is 0 Å². The van der Waals surface area contributed by atoms with Gasteiger partial charge in [0.2, 0.25) is 5.91 Å². The molecule has 0 saturated carbocycles. The maximum Gasteiger partial charge on any atom is 0.408 e. The predicted molar refractivity (Wildman–Crippen MR) is 243 cm³/mol. The first kappa shape index (κ1) is 44.9. The second-order valence-electron chi connectivity index (χ2n) is 19.0. The van der Waals surface area contributed by atoms with Crippen LogP contribution >= 0.6 is 0 Å². The summed E-state index contributed by atoms with van der Waals surface area (Å²) in [6.45, 7) is 20.3. The summed E-state index contributed by atoms with van der Waals surface area (Å²) in [6.07, 6.45) is 0.832. The molecule has 0 fully saturated rings. The van der Waals surface area contributed by atoms with Crippen LogP contribution in [-0.2, 0) is 46.5 Å². The highest BCUT2D eigenvalue weighted by Crippen LogP contribution is 2.36. The van der Waals surface area contributed by atoms with Gasteiger partial charge in [0, 0.05) is 37.1 Å². The van der Waals surface area contributed by atoms with Gasteiger partial charge < -0.3 is 29.4 Å². The first-order chi connectivity index (χ1) is 29.8. The summed E-state index contributed by atoms with van der Waals surface area (Å²) in [5.41, 5.74) is 9.44. The van der Waals surface area contributed by atoms with E-state index in [1.54, 1.807) is 37.8 Å². The SMILES string of the molecule is Cc1ccc(Cc2c(-c3ccc(F)cc3)nc3n2C(C)(C)CN(C(=O)CNC(=O)OC(C)(C)C)C3)cc1.Cc1ccc(Cc2c(-c3ccc(F)cc3)nc3n2C(C)(C)CNC3)cc1. The number of aromatic nitrogens is 4. The number of hydrogen-bond acceptors (Lipinski definition) is 6. The molecular formula is C51H59F2N7O3. The molecule has 2 aliphatic rings. The monoisotopic (exact) mass is 855 g/mol. The first-order valence-corrected chi connectivity index (χ1v) is 21.6. The number of imidazole rings is 2. The van der Waals surface area contributed by atoms with Gasteiger partial charge in [-0.15, -0.1) is 0 Å². The third-order valence-electron chi connectivity index (χ3n) is 11.4. The Kier molecular flexibility index (Phi) is 12.8. The average Bonchev–Trinajstić information content (AvgIpc) is 3.78. The number of carbonyl (C=O) groups excluding carboxylic acids is 2. The van der Waals surface area contributed by atoms with Gasteiger partial charge in [-0.2, -0.15) is 0 Å². The Morgan fingerprint density at radius 2 is 1.16 bits per heavy atom. The lowest BCUT2D eigenvalue weighted by atomic mass is 9.97. The Morgan fingerprint density at radius 3 is 1.63 bits per heavy atom. The number of hydrogen-bond donors (Lipinski definition) is 2. The highest BCUT2D eigenvalue weighted by Gasteiger charge is 2.38. The van der Waals surface area contributed by atoms with Crippen LogP contribution in [0.15, 0.2) is 97.1 Å². The zero-order chi connectivity index (χ0) is 45.3. The van der Waals surface area contributed by atoms with Gasteiger partial charge in [0.1, 0.15) is 35.4 Å². The first-order valence-electron chi connectivity index (χ1n) is 21.6. The topological polar surface area (TPSA) is 106 Å².